The summed E-state index contributed by atoms with van der Waals surface area (Å²) in [4.78, 5) is 11.7. The van der Waals surface area contributed by atoms with Gasteiger partial charge in [-0.25, -0.2) is 0 Å². The summed E-state index contributed by atoms with van der Waals surface area (Å²) in [5, 5.41) is 1.08. The molecule has 1 nitrogen and oxygen atoms in total. The van der Waals surface area contributed by atoms with Crippen molar-refractivity contribution in [2.75, 3.05) is 6.26 Å². The Balaban J connectivity index is 2.81. The SMILES string of the molecule is CSc1cc2c(S)ccc(C=O)c2s1. The maximum atomic E-state index is 10.8. The lowest BCUT2D eigenvalue weighted by atomic mass is 10.2. The van der Waals surface area contributed by atoms with Crippen LogP contribution >= 0.6 is 35.7 Å². The number of benzene rings is 1. The molecule has 0 fully saturated rings. The normalized spacial score (nSPS) is 10.7. The molecule has 2 aromatic rings. The molecule has 0 aliphatic carbocycles. The molecule has 72 valence electrons. The van der Waals surface area contributed by atoms with Crippen molar-refractivity contribution in [2.24, 2.45) is 0 Å². The topological polar surface area (TPSA) is 17.1 Å². The van der Waals surface area contributed by atoms with Crippen molar-refractivity contribution in [3.05, 3.63) is 23.8 Å². The summed E-state index contributed by atoms with van der Waals surface area (Å²) in [6, 6.07) is 5.77. The number of aldehydes is 1. The van der Waals surface area contributed by atoms with Crippen LogP contribution in [-0.2, 0) is 0 Å². The van der Waals surface area contributed by atoms with Crippen molar-refractivity contribution in [1.29, 1.82) is 0 Å². The molecule has 0 bridgehead atoms. The largest absolute Gasteiger partial charge is 0.298 e. The number of carbonyl (C=O) groups is 1. The molecule has 0 spiro atoms. The van der Waals surface area contributed by atoms with E-state index in [0.717, 1.165) is 26.8 Å². The highest BCUT2D eigenvalue weighted by atomic mass is 32.2. The maximum Gasteiger partial charge on any atom is 0.151 e. The number of carbonyl (C=O) groups excluding carboxylic acids is 1. The summed E-state index contributed by atoms with van der Waals surface area (Å²) in [6.07, 6.45) is 2.93. The van der Waals surface area contributed by atoms with Gasteiger partial charge in [0.15, 0.2) is 6.29 Å². The van der Waals surface area contributed by atoms with Gasteiger partial charge in [-0.05, 0) is 24.5 Å². The average molecular weight is 240 g/mol. The smallest absolute Gasteiger partial charge is 0.151 e. The minimum atomic E-state index is 0.753. The van der Waals surface area contributed by atoms with Crippen molar-refractivity contribution in [3.8, 4) is 0 Å². The molecule has 0 saturated carbocycles. The number of thiol groups is 1. The Morgan fingerprint density at radius 2 is 2.29 bits per heavy atom. The molecule has 0 unspecified atom stereocenters. The Bertz CT molecular complexity index is 487. The van der Waals surface area contributed by atoms with Crippen molar-refractivity contribution < 1.29 is 4.79 Å². The van der Waals surface area contributed by atoms with E-state index in [0.29, 0.717) is 0 Å². The van der Waals surface area contributed by atoms with E-state index in [-0.39, 0.29) is 0 Å². The summed E-state index contributed by atoms with van der Waals surface area (Å²) < 4.78 is 2.25. The van der Waals surface area contributed by atoms with Crippen LogP contribution in [0.3, 0.4) is 0 Å². The maximum absolute atomic E-state index is 10.8. The number of thioether (sulfide) groups is 1. The van der Waals surface area contributed by atoms with Gasteiger partial charge in [0.05, 0.1) is 4.21 Å². The number of rotatable bonds is 2. The molecular weight excluding hydrogens is 232 g/mol. The number of fused-ring (bicyclic) bond motifs is 1. The van der Waals surface area contributed by atoms with Crippen molar-refractivity contribution >= 4 is 52.1 Å². The van der Waals surface area contributed by atoms with Crippen LogP contribution < -0.4 is 0 Å². The van der Waals surface area contributed by atoms with Gasteiger partial charge in [0, 0.05) is 20.5 Å². The van der Waals surface area contributed by atoms with Crippen LogP contribution in [0.1, 0.15) is 10.4 Å². The van der Waals surface area contributed by atoms with Crippen molar-refractivity contribution in [2.45, 2.75) is 9.10 Å². The van der Waals surface area contributed by atoms with Gasteiger partial charge in [-0.15, -0.1) is 35.7 Å². The molecule has 0 atom stereocenters. The molecule has 0 saturated heterocycles. The molecule has 2 rings (SSSR count). The first-order chi connectivity index (χ1) is 6.76. The first-order valence-electron chi connectivity index (χ1n) is 4.01. The summed E-state index contributed by atoms with van der Waals surface area (Å²) >= 11 is 7.71. The quantitative estimate of drug-likeness (QED) is 0.489. The van der Waals surface area contributed by atoms with Gasteiger partial charge in [0.25, 0.3) is 0 Å². The molecule has 1 heterocycles. The van der Waals surface area contributed by atoms with Gasteiger partial charge < -0.3 is 0 Å². The predicted octanol–water partition coefficient (Wildman–Crippen LogP) is 3.72. The van der Waals surface area contributed by atoms with Gasteiger partial charge in [0.1, 0.15) is 0 Å². The zero-order valence-electron chi connectivity index (χ0n) is 7.48. The fraction of sp³-hybridized carbons (Fsp3) is 0.100. The van der Waals surface area contributed by atoms with Gasteiger partial charge >= 0.3 is 0 Å². The van der Waals surface area contributed by atoms with Gasteiger partial charge in [0.2, 0.25) is 0 Å². The van der Waals surface area contributed by atoms with Crippen LogP contribution in [-0.4, -0.2) is 12.5 Å². The van der Waals surface area contributed by atoms with E-state index in [1.165, 1.54) is 4.21 Å². The molecule has 4 heteroatoms. The standard InChI is InChI=1S/C10H8OS3/c1-13-9-4-7-8(12)3-2-6(5-11)10(7)14-9/h2-5,12H,1H3. The summed E-state index contributed by atoms with van der Waals surface area (Å²) in [5.41, 5.74) is 0.753. The summed E-state index contributed by atoms with van der Waals surface area (Å²) in [7, 11) is 0. The minimum absolute atomic E-state index is 0.753. The Morgan fingerprint density at radius 3 is 2.93 bits per heavy atom. The highest BCUT2D eigenvalue weighted by molar-refractivity contribution is 8.00. The lowest BCUT2D eigenvalue weighted by Crippen LogP contribution is -1.79. The molecule has 0 aliphatic heterocycles. The van der Waals surface area contributed by atoms with Gasteiger partial charge in [-0.1, -0.05) is 0 Å². The molecule has 1 aromatic heterocycles. The van der Waals surface area contributed by atoms with Crippen LogP contribution in [0.15, 0.2) is 27.3 Å². The third-order valence-corrected chi connectivity index (χ3v) is 4.64. The fourth-order valence-electron chi connectivity index (χ4n) is 1.30. The Kier molecular flexibility index (Phi) is 2.85. The summed E-state index contributed by atoms with van der Waals surface area (Å²) in [6.45, 7) is 0. The Hall–Kier alpha value is -0.450. The van der Waals surface area contributed by atoms with Crippen LogP contribution in [0.4, 0.5) is 0 Å². The van der Waals surface area contributed by atoms with E-state index in [4.69, 9.17) is 0 Å². The first-order valence-corrected chi connectivity index (χ1v) is 6.50. The van der Waals surface area contributed by atoms with E-state index < -0.39 is 0 Å². The van der Waals surface area contributed by atoms with Crippen LogP contribution in [0.5, 0.6) is 0 Å². The highest BCUT2D eigenvalue weighted by Gasteiger charge is 2.07. The fourth-order valence-corrected chi connectivity index (χ4v) is 3.34. The number of hydrogen-bond acceptors (Lipinski definition) is 4. The molecule has 0 N–H and O–H groups in total. The number of hydrogen-bond donors (Lipinski definition) is 1. The predicted molar refractivity (Wildman–Crippen MR) is 66.2 cm³/mol. The molecule has 0 aliphatic rings. The van der Waals surface area contributed by atoms with E-state index in [2.05, 4.69) is 18.7 Å². The molecule has 1 aromatic carbocycles. The number of thiophene rings is 1. The highest BCUT2D eigenvalue weighted by Crippen LogP contribution is 2.36. The van der Waals surface area contributed by atoms with Crippen LogP contribution in [0, 0.1) is 0 Å². The zero-order chi connectivity index (χ0) is 10.1. The van der Waals surface area contributed by atoms with E-state index in [1.54, 1.807) is 23.1 Å². The molecule has 0 amide bonds. The van der Waals surface area contributed by atoms with E-state index >= 15 is 0 Å². The Labute approximate surface area is 95.9 Å². The van der Waals surface area contributed by atoms with Gasteiger partial charge in [-0.2, -0.15) is 0 Å². The minimum Gasteiger partial charge on any atom is -0.298 e. The summed E-state index contributed by atoms with van der Waals surface area (Å²) in [5.74, 6) is 0. The lowest BCUT2D eigenvalue weighted by molar-refractivity contribution is 0.112. The van der Waals surface area contributed by atoms with Crippen molar-refractivity contribution in [3.63, 3.8) is 0 Å². The second kappa shape index (κ2) is 3.96. The molecule has 14 heavy (non-hydrogen) atoms. The Morgan fingerprint density at radius 1 is 1.50 bits per heavy atom. The monoisotopic (exact) mass is 240 g/mol. The van der Waals surface area contributed by atoms with E-state index in [9.17, 15) is 4.79 Å². The third kappa shape index (κ3) is 1.58. The van der Waals surface area contributed by atoms with Gasteiger partial charge in [-0.3, -0.25) is 4.79 Å². The zero-order valence-corrected chi connectivity index (χ0v) is 10.0. The third-order valence-electron chi connectivity index (χ3n) is 2.00. The molecular formula is C10H8OS3. The molecule has 0 radical (unpaired) electrons. The lowest BCUT2D eigenvalue weighted by Gasteiger charge is -1.96. The van der Waals surface area contributed by atoms with Crippen LogP contribution in [0.2, 0.25) is 0 Å². The van der Waals surface area contributed by atoms with Crippen molar-refractivity contribution in [1.82, 2.24) is 0 Å². The van der Waals surface area contributed by atoms with Crippen LogP contribution in [0.25, 0.3) is 10.1 Å². The van der Waals surface area contributed by atoms with E-state index in [1.807, 2.05) is 18.4 Å². The second-order valence-corrected chi connectivity index (χ2v) is 5.44. The second-order valence-electron chi connectivity index (χ2n) is 2.80. The first kappa shape index (κ1) is 10.1. The average Bonchev–Trinajstić information content (AvgIpc) is 2.63.